The van der Waals surface area contributed by atoms with E-state index in [0.29, 0.717) is 32.0 Å². The van der Waals surface area contributed by atoms with E-state index in [1.165, 1.54) is 10.5 Å². The van der Waals surface area contributed by atoms with Crippen LogP contribution in [0.4, 0.5) is 4.79 Å². The molecule has 1 saturated carbocycles. The Kier molecular flexibility index (Phi) is 6.66. The van der Waals surface area contributed by atoms with Gasteiger partial charge in [0.15, 0.2) is 0 Å². The van der Waals surface area contributed by atoms with Gasteiger partial charge in [-0.15, -0.1) is 0 Å². The topological polar surface area (TPSA) is 62.6 Å². The normalized spacial score (nSPS) is 23.1. The van der Waals surface area contributed by atoms with Gasteiger partial charge in [0.2, 0.25) is 0 Å². The molecule has 1 aliphatic carbocycles. The largest absolute Gasteiger partial charge is 0.444 e. The molecule has 0 radical (unpaired) electrons. The molecule has 1 fully saturated rings. The molecule has 1 aliphatic rings. The van der Waals surface area contributed by atoms with E-state index in [2.05, 4.69) is 18.2 Å². The standard InChI is InChI=1S/C21H30N2O3/c1-20(2,3)26-19(24)23(4)21(16-22)12-10-18(11-13-21)15-25-14-17-8-6-5-7-9-17/h5-9,18H,10-15H2,1-4H3. The number of benzene rings is 1. The zero-order valence-corrected chi connectivity index (χ0v) is 16.3. The van der Waals surface area contributed by atoms with Crippen molar-refractivity contribution in [2.24, 2.45) is 5.92 Å². The van der Waals surface area contributed by atoms with Gasteiger partial charge in [-0.25, -0.2) is 4.79 Å². The molecule has 2 rings (SSSR count). The Morgan fingerprint density at radius 2 is 1.88 bits per heavy atom. The number of ether oxygens (including phenoxy) is 2. The first-order valence-corrected chi connectivity index (χ1v) is 9.25. The second kappa shape index (κ2) is 8.55. The Balaban J connectivity index is 1.84. The lowest BCUT2D eigenvalue weighted by atomic mass is 9.77. The fourth-order valence-electron chi connectivity index (χ4n) is 3.27. The third-order valence-electron chi connectivity index (χ3n) is 4.91. The lowest BCUT2D eigenvalue weighted by Crippen LogP contribution is -2.52. The van der Waals surface area contributed by atoms with Crippen LogP contribution in [-0.2, 0) is 16.1 Å². The van der Waals surface area contributed by atoms with Gasteiger partial charge in [-0.1, -0.05) is 30.3 Å². The number of nitriles is 1. The minimum atomic E-state index is -0.780. The number of hydrogen-bond donors (Lipinski definition) is 0. The monoisotopic (exact) mass is 358 g/mol. The molecule has 5 nitrogen and oxygen atoms in total. The highest BCUT2D eigenvalue weighted by molar-refractivity contribution is 5.69. The molecule has 1 amide bonds. The highest BCUT2D eigenvalue weighted by Gasteiger charge is 2.42. The predicted molar refractivity (Wildman–Crippen MR) is 100 cm³/mol. The van der Waals surface area contributed by atoms with Gasteiger partial charge in [-0.3, -0.25) is 4.90 Å². The van der Waals surface area contributed by atoms with E-state index in [1.54, 1.807) is 7.05 Å². The van der Waals surface area contributed by atoms with Crippen molar-refractivity contribution in [2.45, 2.75) is 64.2 Å². The Morgan fingerprint density at radius 1 is 1.27 bits per heavy atom. The third-order valence-corrected chi connectivity index (χ3v) is 4.91. The van der Waals surface area contributed by atoms with Crippen molar-refractivity contribution >= 4 is 6.09 Å². The quantitative estimate of drug-likeness (QED) is 0.776. The highest BCUT2D eigenvalue weighted by Crippen LogP contribution is 2.36. The van der Waals surface area contributed by atoms with Crippen LogP contribution in [0.25, 0.3) is 0 Å². The van der Waals surface area contributed by atoms with Crippen LogP contribution in [0.5, 0.6) is 0 Å². The van der Waals surface area contributed by atoms with Crippen LogP contribution in [0.2, 0.25) is 0 Å². The van der Waals surface area contributed by atoms with E-state index in [9.17, 15) is 10.1 Å². The second-order valence-corrected chi connectivity index (χ2v) is 8.13. The molecule has 0 unspecified atom stereocenters. The summed E-state index contributed by atoms with van der Waals surface area (Å²) in [7, 11) is 1.67. The molecule has 26 heavy (non-hydrogen) atoms. The summed E-state index contributed by atoms with van der Waals surface area (Å²) in [6.45, 7) is 6.79. The van der Waals surface area contributed by atoms with Crippen LogP contribution < -0.4 is 0 Å². The molecule has 0 atom stereocenters. The second-order valence-electron chi connectivity index (χ2n) is 8.13. The predicted octanol–water partition coefficient (Wildman–Crippen LogP) is 4.52. The average molecular weight is 358 g/mol. The molecule has 0 aromatic heterocycles. The summed E-state index contributed by atoms with van der Waals surface area (Å²) in [4.78, 5) is 13.8. The summed E-state index contributed by atoms with van der Waals surface area (Å²) in [6.07, 6.45) is 2.61. The van der Waals surface area contributed by atoms with Gasteiger partial charge >= 0.3 is 6.09 Å². The van der Waals surface area contributed by atoms with Crippen molar-refractivity contribution in [3.63, 3.8) is 0 Å². The molecular formula is C21H30N2O3. The summed E-state index contributed by atoms with van der Waals surface area (Å²) in [5.74, 6) is 0.423. The molecule has 1 aromatic carbocycles. The molecule has 5 heteroatoms. The highest BCUT2D eigenvalue weighted by atomic mass is 16.6. The Morgan fingerprint density at radius 3 is 2.42 bits per heavy atom. The summed E-state index contributed by atoms with van der Waals surface area (Å²) in [6, 6.07) is 12.5. The molecule has 0 heterocycles. The summed E-state index contributed by atoms with van der Waals surface area (Å²) < 4.78 is 11.3. The zero-order chi connectivity index (χ0) is 19.2. The van der Waals surface area contributed by atoms with E-state index in [4.69, 9.17) is 9.47 Å². The maximum Gasteiger partial charge on any atom is 0.411 e. The lowest BCUT2D eigenvalue weighted by molar-refractivity contribution is -0.000130. The number of nitrogens with zero attached hydrogens (tertiary/aromatic N) is 2. The Bertz CT molecular complexity index is 623. The van der Waals surface area contributed by atoms with Crippen LogP contribution in [0, 0.1) is 17.2 Å². The summed E-state index contributed by atoms with van der Waals surface area (Å²) >= 11 is 0. The molecule has 0 saturated heterocycles. The average Bonchev–Trinajstić information content (AvgIpc) is 2.61. The van der Waals surface area contributed by atoms with Crippen molar-refractivity contribution in [1.29, 1.82) is 5.26 Å². The van der Waals surface area contributed by atoms with Crippen LogP contribution in [0.1, 0.15) is 52.0 Å². The van der Waals surface area contributed by atoms with Gasteiger partial charge in [0.05, 0.1) is 12.7 Å². The SMILES string of the molecule is CN(C(=O)OC(C)(C)C)C1(C#N)CCC(COCc2ccccc2)CC1. The molecular weight excluding hydrogens is 328 g/mol. The first-order chi connectivity index (χ1) is 12.3. The lowest BCUT2D eigenvalue weighted by Gasteiger charge is -2.41. The van der Waals surface area contributed by atoms with Gasteiger partial charge in [0, 0.05) is 13.7 Å². The van der Waals surface area contributed by atoms with Crippen molar-refractivity contribution in [1.82, 2.24) is 4.90 Å². The van der Waals surface area contributed by atoms with Crippen LogP contribution in [0.3, 0.4) is 0 Å². The van der Waals surface area contributed by atoms with Gasteiger partial charge in [0.25, 0.3) is 0 Å². The molecule has 0 spiro atoms. The number of rotatable bonds is 5. The van der Waals surface area contributed by atoms with Gasteiger partial charge in [-0.2, -0.15) is 5.26 Å². The molecule has 0 aliphatic heterocycles. The zero-order valence-electron chi connectivity index (χ0n) is 16.3. The van der Waals surface area contributed by atoms with Crippen molar-refractivity contribution in [3.8, 4) is 6.07 Å². The van der Waals surface area contributed by atoms with Crippen molar-refractivity contribution < 1.29 is 14.3 Å². The van der Waals surface area contributed by atoms with Crippen molar-refractivity contribution in [2.75, 3.05) is 13.7 Å². The van der Waals surface area contributed by atoms with Gasteiger partial charge in [0.1, 0.15) is 11.1 Å². The number of carbonyl (C=O) groups excluding carboxylic acids is 1. The van der Waals surface area contributed by atoms with Crippen LogP contribution in [-0.4, -0.2) is 35.8 Å². The number of hydrogen-bond acceptors (Lipinski definition) is 4. The smallest absolute Gasteiger partial charge is 0.411 e. The fraction of sp³-hybridized carbons (Fsp3) is 0.619. The van der Waals surface area contributed by atoms with E-state index < -0.39 is 17.2 Å². The summed E-state index contributed by atoms with van der Waals surface area (Å²) in [5, 5.41) is 9.74. The number of amides is 1. The first kappa shape index (κ1) is 20.3. The maximum atomic E-state index is 12.4. The van der Waals surface area contributed by atoms with E-state index in [0.717, 1.165) is 12.8 Å². The minimum Gasteiger partial charge on any atom is -0.444 e. The number of carbonyl (C=O) groups is 1. The van der Waals surface area contributed by atoms with Crippen LogP contribution in [0.15, 0.2) is 30.3 Å². The fourth-order valence-corrected chi connectivity index (χ4v) is 3.27. The Labute approximate surface area is 156 Å². The van der Waals surface area contributed by atoms with Crippen LogP contribution >= 0.6 is 0 Å². The van der Waals surface area contributed by atoms with E-state index in [-0.39, 0.29) is 0 Å². The van der Waals surface area contributed by atoms with E-state index in [1.807, 2.05) is 39.0 Å². The van der Waals surface area contributed by atoms with E-state index >= 15 is 0 Å². The minimum absolute atomic E-state index is 0.423. The molecule has 142 valence electrons. The maximum absolute atomic E-state index is 12.4. The molecule has 1 aromatic rings. The molecule has 0 N–H and O–H groups in total. The molecule has 0 bridgehead atoms. The summed E-state index contributed by atoms with van der Waals surface area (Å²) in [5.41, 5.74) is -0.178. The van der Waals surface area contributed by atoms with Crippen molar-refractivity contribution in [3.05, 3.63) is 35.9 Å². The van der Waals surface area contributed by atoms with Gasteiger partial charge in [-0.05, 0) is 57.9 Å². The first-order valence-electron chi connectivity index (χ1n) is 9.25. The Hall–Kier alpha value is -2.06. The third kappa shape index (κ3) is 5.47. The van der Waals surface area contributed by atoms with Gasteiger partial charge < -0.3 is 9.47 Å².